The summed E-state index contributed by atoms with van der Waals surface area (Å²) in [7, 11) is 0. The summed E-state index contributed by atoms with van der Waals surface area (Å²) in [4.78, 5) is 11.7. The normalized spacial score (nSPS) is 10.2. The minimum absolute atomic E-state index is 0.0756. The molecule has 0 fully saturated rings. The Kier molecular flexibility index (Phi) is 5.51. The highest BCUT2D eigenvalue weighted by Crippen LogP contribution is 2.18. The maximum Gasteiger partial charge on any atom is 0.264 e. The number of amides is 1. The SMILES string of the molecule is CCCOc1ccc(OCC(=O)Nc2nnc(C)s2)cc1. The van der Waals surface area contributed by atoms with Crippen molar-refractivity contribution in [3.8, 4) is 11.5 Å². The summed E-state index contributed by atoms with van der Waals surface area (Å²) >= 11 is 1.32. The fourth-order valence-corrected chi connectivity index (χ4v) is 2.11. The molecule has 0 atom stereocenters. The lowest BCUT2D eigenvalue weighted by molar-refractivity contribution is -0.118. The zero-order valence-corrected chi connectivity index (χ0v) is 12.8. The molecule has 1 aromatic carbocycles. The van der Waals surface area contributed by atoms with E-state index in [1.807, 2.05) is 19.1 Å². The molecule has 1 heterocycles. The number of aryl methyl sites for hydroxylation is 1. The van der Waals surface area contributed by atoms with Crippen LogP contribution >= 0.6 is 11.3 Å². The average Bonchev–Trinajstić information content (AvgIpc) is 2.89. The van der Waals surface area contributed by atoms with Crippen molar-refractivity contribution in [1.29, 1.82) is 0 Å². The zero-order valence-electron chi connectivity index (χ0n) is 12.0. The predicted molar refractivity (Wildman–Crippen MR) is 81.0 cm³/mol. The van der Waals surface area contributed by atoms with Gasteiger partial charge >= 0.3 is 0 Å². The fourth-order valence-electron chi connectivity index (χ4n) is 1.50. The van der Waals surface area contributed by atoms with Gasteiger partial charge in [-0.3, -0.25) is 10.1 Å². The van der Waals surface area contributed by atoms with E-state index in [1.165, 1.54) is 11.3 Å². The van der Waals surface area contributed by atoms with Gasteiger partial charge in [0.1, 0.15) is 16.5 Å². The van der Waals surface area contributed by atoms with E-state index in [1.54, 1.807) is 12.1 Å². The van der Waals surface area contributed by atoms with Crippen LogP contribution in [-0.4, -0.2) is 29.3 Å². The minimum atomic E-state index is -0.266. The third-order valence-corrected chi connectivity index (χ3v) is 3.19. The molecule has 2 rings (SSSR count). The summed E-state index contributed by atoms with van der Waals surface area (Å²) in [5.74, 6) is 1.14. The van der Waals surface area contributed by atoms with Crippen LogP contribution in [0.3, 0.4) is 0 Å². The van der Waals surface area contributed by atoms with Crippen LogP contribution in [0.4, 0.5) is 5.13 Å². The minimum Gasteiger partial charge on any atom is -0.494 e. The summed E-state index contributed by atoms with van der Waals surface area (Å²) in [5, 5.41) is 11.5. The number of benzene rings is 1. The first-order valence-electron chi connectivity index (χ1n) is 6.63. The molecule has 2 aromatic rings. The Morgan fingerprint density at radius 1 is 1.19 bits per heavy atom. The molecule has 1 aromatic heterocycles. The number of hydrogen-bond donors (Lipinski definition) is 1. The summed E-state index contributed by atoms with van der Waals surface area (Å²) in [5.41, 5.74) is 0. The molecular formula is C14H17N3O3S. The average molecular weight is 307 g/mol. The molecule has 0 spiro atoms. The van der Waals surface area contributed by atoms with Gasteiger partial charge in [-0.05, 0) is 37.6 Å². The number of aromatic nitrogens is 2. The van der Waals surface area contributed by atoms with Crippen LogP contribution < -0.4 is 14.8 Å². The van der Waals surface area contributed by atoms with E-state index in [9.17, 15) is 4.79 Å². The molecule has 6 nitrogen and oxygen atoms in total. The zero-order chi connectivity index (χ0) is 15.1. The highest BCUT2D eigenvalue weighted by Gasteiger charge is 2.07. The molecular weight excluding hydrogens is 290 g/mol. The van der Waals surface area contributed by atoms with Gasteiger partial charge < -0.3 is 9.47 Å². The van der Waals surface area contributed by atoms with Gasteiger partial charge in [-0.15, -0.1) is 10.2 Å². The summed E-state index contributed by atoms with van der Waals surface area (Å²) < 4.78 is 10.9. The van der Waals surface area contributed by atoms with Crippen molar-refractivity contribution in [1.82, 2.24) is 10.2 Å². The lowest BCUT2D eigenvalue weighted by Gasteiger charge is -2.07. The van der Waals surface area contributed by atoms with Crippen molar-refractivity contribution >= 4 is 22.4 Å². The summed E-state index contributed by atoms with van der Waals surface area (Å²) in [6, 6.07) is 7.18. The van der Waals surface area contributed by atoms with Crippen LogP contribution in [0.1, 0.15) is 18.4 Å². The Morgan fingerprint density at radius 3 is 2.43 bits per heavy atom. The van der Waals surface area contributed by atoms with Gasteiger partial charge in [-0.2, -0.15) is 0 Å². The lowest BCUT2D eigenvalue weighted by Crippen LogP contribution is -2.20. The smallest absolute Gasteiger partial charge is 0.264 e. The predicted octanol–water partition coefficient (Wildman–Crippen LogP) is 2.65. The molecule has 1 amide bonds. The van der Waals surface area contributed by atoms with Gasteiger partial charge in [-0.25, -0.2) is 0 Å². The number of nitrogens with zero attached hydrogens (tertiary/aromatic N) is 2. The van der Waals surface area contributed by atoms with Crippen molar-refractivity contribution in [2.45, 2.75) is 20.3 Å². The maximum atomic E-state index is 11.7. The molecule has 0 bridgehead atoms. The van der Waals surface area contributed by atoms with Gasteiger partial charge in [-0.1, -0.05) is 18.3 Å². The second-order valence-electron chi connectivity index (χ2n) is 4.28. The van der Waals surface area contributed by atoms with Crippen LogP contribution in [-0.2, 0) is 4.79 Å². The number of rotatable bonds is 7. The van der Waals surface area contributed by atoms with E-state index in [0.29, 0.717) is 17.5 Å². The Hall–Kier alpha value is -2.15. The topological polar surface area (TPSA) is 73.3 Å². The number of ether oxygens (including phenoxy) is 2. The van der Waals surface area contributed by atoms with Gasteiger partial charge in [0.15, 0.2) is 6.61 Å². The van der Waals surface area contributed by atoms with Crippen LogP contribution in [0.15, 0.2) is 24.3 Å². The molecule has 0 saturated carbocycles. The quantitative estimate of drug-likeness (QED) is 0.851. The monoisotopic (exact) mass is 307 g/mol. The first-order valence-corrected chi connectivity index (χ1v) is 7.44. The van der Waals surface area contributed by atoms with Gasteiger partial charge in [0.2, 0.25) is 5.13 Å². The molecule has 1 N–H and O–H groups in total. The van der Waals surface area contributed by atoms with Crippen LogP contribution in [0, 0.1) is 6.92 Å². The molecule has 0 unspecified atom stereocenters. The van der Waals surface area contributed by atoms with Crippen LogP contribution in [0.5, 0.6) is 11.5 Å². The molecule has 0 aliphatic rings. The fraction of sp³-hybridized carbons (Fsp3) is 0.357. The highest BCUT2D eigenvalue weighted by atomic mass is 32.1. The summed E-state index contributed by atoms with van der Waals surface area (Å²) in [6.45, 7) is 4.49. The standard InChI is InChI=1S/C14H17N3O3S/c1-3-8-19-11-4-6-12(7-5-11)20-9-13(18)15-14-17-16-10(2)21-14/h4-7H,3,8-9H2,1-2H3,(H,15,17,18). The number of hydrogen-bond acceptors (Lipinski definition) is 6. The molecule has 0 aliphatic heterocycles. The van der Waals surface area contributed by atoms with Gasteiger partial charge in [0.25, 0.3) is 5.91 Å². The second kappa shape index (κ2) is 7.58. The summed E-state index contributed by atoms with van der Waals surface area (Å²) in [6.07, 6.45) is 0.962. The number of nitrogens with one attached hydrogen (secondary N) is 1. The first kappa shape index (κ1) is 15.2. The van der Waals surface area contributed by atoms with Crippen molar-refractivity contribution in [2.75, 3.05) is 18.5 Å². The van der Waals surface area contributed by atoms with E-state index in [2.05, 4.69) is 22.4 Å². The number of carbonyl (C=O) groups excluding carboxylic acids is 1. The maximum absolute atomic E-state index is 11.7. The lowest BCUT2D eigenvalue weighted by atomic mass is 10.3. The molecule has 0 radical (unpaired) electrons. The molecule has 0 aliphatic carbocycles. The Balaban J connectivity index is 1.78. The molecule has 0 saturated heterocycles. The van der Waals surface area contributed by atoms with E-state index in [4.69, 9.17) is 9.47 Å². The number of carbonyl (C=O) groups is 1. The third kappa shape index (κ3) is 5.03. The Morgan fingerprint density at radius 2 is 1.86 bits per heavy atom. The van der Waals surface area contributed by atoms with E-state index in [0.717, 1.165) is 17.2 Å². The van der Waals surface area contributed by atoms with E-state index in [-0.39, 0.29) is 12.5 Å². The molecule has 7 heteroatoms. The van der Waals surface area contributed by atoms with Gasteiger partial charge in [0, 0.05) is 0 Å². The second-order valence-corrected chi connectivity index (χ2v) is 5.46. The molecule has 21 heavy (non-hydrogen) atoms. The highest BCUT2D eigenvalue weighted by molar-refractivity contribution is 7.15. The van der Waals surface area contributed by atoms with Crippen LogP contribution in [0.25, 0.3) is 0 Å². The Bertz CT molecular complexity index is 583. The van der Waals surface area contributed by atoms with Crippen molar-refractivity contribution in [3.63, 3.8) is 0 Å². The van der Waals surface area contributed by atoms with Crippen molar-refractivity contribution in [3.05, 3.63) is 29.3 Å². The largest absolute Gasteiger partial charge is 0.494 e. The van der Waals surface area contributed by atoms with Crippen molar-refractivity contribution < 1.29 is 14.3 Å². The van der Waals surface area contributed by atoms with Gasteiger partial charge in [0.05, 0.1) is 6.61 Å². The molecule has 112 valence electrons. The Labute approximate surface area is 127 Å². The number of anilines is 1. The first-order chi connectivity index (χ1) is 10.2. The third-order valence-electron chi connectivity index (χ3n) is 2.44. The van der Waals surface area contributed by atoms with Crippen molar-refractivity contribution in [2.24, 2.45) is 0 Å². The van der Waals surface area contributed by atoms with E-state index < -0.39 is 0 Å². The van der Waals surface area contributed by atoms with E-state index >= 15 is 0 Å². The van der Waals surface area contributed by atoms with Crippen LogP contribution in [0.2, 0.25) is 0 Å².